The van der Waals surface area contributed by atoms with Gasteiger partial charge in [0.2, 0.25) is 0 Å². The first-order chi connectivity index (χ1) is 17.8. The largest absolute Gasteiger partial charge is 0.512 e. The molecule has 0 heterocycles. The first-order valence-electron chi connectivity index (χ1n) is 13.5. The van der Waals surface area contributed by atoms with Crippen LogP contribution in [-0.2, 0) is 9.53 Å². The summed E-state index contributed by atoms with van der Waals surface area (Å²) >= 11 is 0. The molecule has 4 rings (SSSR count). The zero-order chi connectivity index (χ0) is 26.4. The van der Waals surface area contributed by atoms with E-state index < -0.39 is 36.0 Å². The van der Waals surface area contributed by atoms with Crippen LogP contribution in [-0.4, -0.2) is 39.5 Å². The lowest BCUT2D eigenvalue weighted by Crippen LogP contribution is -2.29. The molecule has 0 aromatic heterocycles. The average Bonchev–Trinajstić information content (AvgIpc) is 3.21. The number of aliphatic carboxylic acids is 1. The molecule has 37 heavy (non-hydrogen) atoms. The van der Waals surface area contributed by atoms with Crippen molar-refractivity contribution in [2.75, 3.05) is 0 Å². The smallest absolute Gasteiger partial charge is 0.338 e. The van der Waals surface area contributed by atoms with Crippen LogP contribution in [0, 0.1) is 17.8 Å². The Balaban J connectivity index is 1.49. The van der Waals surface area contributed by atoms with Gasteiger partial charge in [0.1, 0.15) is 6.10 Å². The molecule has 6 nitrogen and oxygen atoms in total. The standard InChI is InChI=1S/C31H38O6/c1-20(26(32)17-12-21-8-4-2-5-9-21)30-25(18-29(34)35)27(33)19-28(30)37-31(36)24-15-13-23(14-16-24)22-10-6-3-7-11-22/h3,6-7,10-11,13-16,21,25,27-28,30,32-33H,2,4-5,8-9,12,17-19H2,1H3,(H,34,35)/t25-,27-,28-,30+/m0/s1. The second kappa shape index (κ2) is 12.4. The second-order valence-corrected chi connectivity index (χ2v) is 10.7. The minimum absolute atomic E-state index is 0.143. The summed E-state index contributed by atoms with van der Waals surface area (Å²) < 4.78 is 5.87. The van der Waals surface area contributed by atoms with Crippen LogP contribution < -0.4 is 0 Å². The highest BCUT2D eigenvalue weighted by atomic mass is 16.5. The van der Waals surface area contributed by atoms with Gasteiger partial charge in [-0.2, -0.15) is 0 Å². The monoisotopic (exact) mass is 506 g/mol. The number of benzene rings is 2. The van der Waals surface area contributed by atoms with Crippen LogP contribution in [0.3, 0.4) is 0 Å². The number of rotatable bonds is 9. The highest BCUT2D eigenvalue weighted by Crippen LogP contribution is 2.43. The van der Waals surface area contributed by atoms with E-state index in [1.165, 1.54) is 32.1 Å². The summed E-state index contributed by atoms with van der Waals surface area (Å²) in [4.78, 5) is 24.6. The quantitative estimate of drug-likeness (QED) is 0.263. The lowest BCUT2D eigenvalue weighted by molar-refractivity contribution is -0.139. The molecular weight excluding hydrogens is 468 g/mol. The van der Waals surface area contributed by atoms with Crippen molar-refractivity contribution in [2.45, 2.75) is 76.9 Å². The van der Waals surface area contributed by atoms with Gasteiger partial charge in [-0.05, 0) is 48.1 Å². The predicted molar refractivity (Wildman–Crippen MR) is 142 cm³/mol. The number of esters is 1. The van der Waals surface area contributed by atoms with Crippen molar-refractivity contribution >= 4 is 11.9 Å². The molecule has 2 aromatic rings. The zero-order valence-electron chi connectivity index (χ0n) is 21.5. The molecular formula is C31H38O6. The number of aliphatic hydroxyl groups excluding tert-OH is 2. The molecule has 0 bridgehead atoms. The van der Waals surface area contributed by atoms with Gasteiger partial charge in [0, 0.05) is 24.7 Å². The van der Waals surface area contributed by atoms with Crippen molar-refractivity contribution in [1.29, 1.82) is 0 Å². The summed E-state index contributed by atoms with van der Waals surface area (Å²) in [6, 6.07) is 17.0. The van der Waals surface area contributed by atoms with Gasteiger partial charge in [0.15, 0.2) is 0 Å². The number of carboxylic acids is 1. The summed E-state index contributed by atoms with van der Waals surface area (Å²) in [6.45, 7) is 1.78. The van der Waals surface area contributed by atoms with Gasteiger partial charge in [-0.3, -0.25) is 4.79 Å². The van der Waals surface area contributed by atoms with E-state index in [0.717, 1.165) is 17.5 Å². The van der Waals surface area contributed by atoms with E-state index in [0.29, 0.717) is 23.5 Å². The molecule has 0 amide bonds. The van der Waals surface area contributed by atoms with Crippen molar-refractivity contribution in [3.63, 3.8) is 0 Å². The van der Waals surface area contributed by atoms with E-state index in [2.05, 4.69) is 0 Å². The summed E-state index contributed by atoms with van der Waals surface area (Å²) in [5, 5.41) is 31.2. The molecule has 2 fully saturated rings. The Morgan fingerprint density at radius 2 is 1.57 bits per heavy atom. The van der Waals surface area contributed by atoms with E-state index in [4.69, 9.17) is 4.74 Å². The van der Waals surface area contributed by atoms with Gasteiger partial charge in [-0.15, -0.1) is 0 Å². The number of carboxylic acid groups (broad SMARTS) is 1. The normalized spacial score (nSPS) is 24.9. The van der Waals surface area contributed by atoms with Crippen LogP contribution in [0.4, 0.5) is 0 Å². The Bertz CT molecular complexity index is 1080. The predicted octanol–water partition coefficient (Wildman–Crippen LogP) is 6.54. The molecule has 0 saturated heterocycles. The molecule has 2 saturated carbocycles. The lowest BCUT2D eigenvalue weighted by Gasteiger charge is -2.27. The van der Waals surface area contributed by atoms with Crippen molar-refractivity contribution in [3.8, 4) is 11.1 Å². The number of allylic oxidation sites excluding steroid dienone is 1. The lowest BCUT2D eigenvalue weighted by atomic mass is 9.82. The first kappa shape index (κ1) is 26.9. The second-order valence-electron chi connectivity index (χ2n) is 10.7. The van der Waals surface area contributed by atoms with E-state index in [-0.39, 0.29) is 18.6 Å². The van der Waals surface area contributed by atoms with Gasteiger partial charge in [0.25, 0.3) is 0 Å². The number of aliphatic hydroxyl groups is 2. The maximum absolute atomic E-state index is 13.1. The van der Waals surface area contributed by atoms with Crippen LogP contribution >= 0.6 is 0 Å². The first-order valence-corrected chi connectivity index (χ1v) is 13.5. The minimum atomic E-state index is -1.02. The zero-order valence-corrected chi connectivity index (χ0v) is 21.5. The third-order valence-electron chi connectivity index (χ3n) is 8.20. The fourth-order valence-corrected chi connectivity index (χ4v) is 6.10. The number of ether oxygens (including phenoxy) is 1. The van der Waals surface area contributed by atoms with Crippen molar-refractivity contribution in [3.05, 3.63) is 71.5 Å². The highest BCUT2D eigenvalue weighted by Gasteiger charge is 2.47. The maximum atomic E-state index is 13.1. The Morgan fingerprint density at radius 3 is 2.22 bits per heavy atom. The van der Waals surface area contributed by atoms with Crippen LogP contribution in [0.25, 0.3) is 11.1 Å². The van der Waals surface area contributed by atoms with Gasteiger partial charge in [0.05, 0.1) is 23.8 Å². The molecule has 198 valence electrons. The number of carbonyl (C=O) groups is 2. The molecule has 4 atom stereocenters. The van der Waals surface area contributed by atoms with Crippen molar-refractivity contribution in [1.82, 2.24) is 0 Å². The molecule has 0 unspecified atom stereocenters. The SMILES string of the molecule is CC(=C(O)CCC1CCCCC1)[C@@H]1[C@@H](CC(=O)O)[C@@H](O)C[C@@H]1OC(=O)c1ccc(-c2ccccc2)cc1. The van der Waals surface area contributed by atoms with Crippen molar-refractivity contribution < 1.29 is 29.6 Å². The highest BCUT2D eigenvalue weighted by molar-refractivity contribution is 5.90. The number of hydrogen-bond acceptors (Lipinski definition) is 5. The summed E-state index contributed by atoms with van der Waals surface area (Å²) in [5.74, 6) is -1.90. The van der Waals surface area contributed by atoms with Crippen LogP contribution in [0.2, 0.25) is 0 Å². The van der Waals surface area contributed by atoms with Gasteiger partial charge in [-0.25, -0.2) is 4.79 Å². The Labute approximate surface area is 219 Å². The number of carbonyl (C=O) groups excluding carboxylic acids is 1. The van der Waals surface area contributed by atoms with Crippen LogP contribution in [0.15, 0.2) is 65.9 Å². The third kappa shape index (κ3) is 6.80. The van der Waals surface area contributed by atoms with E-state index in [9.17, 15) is 24.9 Å². The van der Waals surface area contributed by atoms with E-state index in [1.807, 2.05) is 42.5 Å². The molecule has 0 spiro atoms. The van der Waals surface area contributed by atoms with Crippen LogP contribution in [0.1, 0.15) is 75.1 Å². The Morgan fingerprint density at radius 1 is 0.919 bits per heavy atom. The average molecular weight is 507 g/mol. The summed E-state index contributed by atoms with van der Waals surface area (Å²) in [6.07, 6.45) is 5.75. The summed E-state index contributed by atoms with van der Waals surface area (Å²) in [7, 11) is 0. The molecule has 0 aliphatic heterocycles. The third-order valence-corrected chi connectivity index (χ3v) is 8.20. The van der Waals surface area contributed by atoms with Gasteiger partial charge in [-0.1, -0.05) is 74.6 Å². The number of hydrogen-bond donors (Lipinski definition) is 3. The van der Waals surface area contributed by atoms with Gasteiger partial charge < -0.3 is 20.1 Å². The topological polar surface area (TPSA) is 104 Å². The molecule has 3 N–H and O–H groups in total. The van der Waals surface area contributed by atoms with Crippen LogP contribution in [0.5, 0.6) is 0 Å². The fourth-order valence-electron chi connectivity index (χ4n) is 6.10. The minimum Gasteiger partial charge on any atom is -0.512 e. The Hall–Kier alpha value is -3.12. The van der Waals surface area contributed by atoms with E-state index >= 15 is 0 Å². The summed E-state index contributed by atoms with van der Waals surface area (Å²) in [5.41, 5.74) is 3.03. The molecule has 6 heteroatoms. The fraction of sp³-hybridized carbons (Fsp3) is 0.484. The van der Waals surface area contributed by atoms with E-state index in [1.54, 1.807) is 19.1 Å². The van der Waals surface area contributed by atoms with Gasteiger partial charge >= 0.3 is 11.9 Å². The molecule has 2 aliphatic rings. The molecule has 2 aromatic carbocycles. The molecule has 2 aliphatic carbocycles. The Kier molecular flexibility index (Phi) is 9.04. The molecule has 0 radical (unpaired) electrons. The van der Waals surface area contributed by atoms with Crippen molar-refractivity contribution in [2.24, 2.45) is 17.8 Å². The maximum Gasteiger partial charge on any atom is 0.338 e.